The van der Waals surface area contributed by atoms with Crippen molar-refractivity contribution in [2.45, 2.75) is 46.3 Å². The number of nitrogens with zero attached hydrogens (tertiary/aromatic N) is 2. The van der Waals surface area contributed by atoms with E-state index in [0.717, 1.165) is 13.1 Å². The Morgan fingerprint density at radius 1 is 1.27 bits per heavy atom. The SMILES string of the molecule is CC(C)N1CCN(C(=O)OC(C)(C)C)C1. The van der Waals surface area contributed by atoms with Gasteiger partial charge < -0.3 is 4.74 Å². The number of carbonyl (C=O) groups excluding carboxylic acids is 1. The van der Waals surface area contributed by atoms with Crippen LogP contribution in [0.15, 0.2) is 0 Å². The molecule has 1 aliphatic rings. The molecule has 4 heteroatoms. The highest BCUT2D eigenvalue weighted by Crippen LogP contribution is 2.14. The van der Waals surface area contributed by atoms with E-state index in [9.17, 15) is 4.79 Å². The van der Waals surface area contributed by atoms with E-state index < -0.39 is 5.60 Å². The molecule has 1 aliphatic heterocycles. The maximum Gasteiger partial charge on any atom is 0.411 e. The highest BCUT2D eigenvalue weighted by Gasteiger charge is 2.29. The molecule has 0 aromatic carbocycles. The summed E-state index contributed by atoms with van der Waals surface area (Å²) < 4.78 is 5.31. The molecule has 1 rings (SSSR count). The Bertz CT molecular complexity index is 233. The first kappa shape index (κ1) is 12.3. The lowest BCUT2D eigenvalue weighted by Gasteiger charge is -2.25. The minimum absolute atomic E-state index is 0.203. The Morgan fingerprint density at radius 2 is 1.87 bits per heavy atom. The molecule has 0 bridgehead atoms. The van der Waals surface area contributed by atoms with Crippen LogP contribution in [0.1, 0.15) is 34.6 Å². The molecule has 0 aromatic rings. The fourth-order valence-electron chi connectivity index (χ4n) is 1.51. The number of rotatable bonds is 1. The van der Waals surface area contributed by atoms with Crippen molar-refractivity contribution in [3.05, 3.63) is 0 Å². The van der Waals surface area contributed by atoms with Crippen LogP contribution in [-0.2, 0) is 4.74 Å². The second kappa shape index (κ2) is 4.39. The lowest BCUT2D eigenvalue weighted by molar-refractivity contribution is 0.0258. The molecule has 0 unspecified atom stereocenters. The van der Waals surface area contributed by atoms with E-state index in [2.05, 4.69) is 18.7 Å². The largest absolute Gasteiger partial charge is 0.444 e. The monoisotopic (exact) mass is 214 g/mol. The van der Waals surface area contributed by atoms with Crippen LogP contribution in [0.5, 0.6) is 0 Å². The highest BCUT2D eigenvalue weighted by molar-refractivity contribution is 5.68. The van der Waals surface area contributed by atoms with Crippen molar-refractivity contribution in [1.29, 1.82) is 0 Å². The molecule has 4 nitrogen and oxygen atoms in total. The number of amides is 1. The molecule has 0 spiro atoms. The van der Waals surface area contributed by atoms with Crippen molar-refractivity contribution in [3.8, 4) is 0 Å². The van der Waals surface area contributed by atoms with Crippen LogP contribution in [0.25, 0.3) is 0 Å². The van der Waals surface area contributed by atoms with Gasteiger partial charge in [0.15, 0.2) is 0 Å². The minimum Gasteiger partial charge on any atom is -0.444 e. The van der Waals surface area contributed by atoms with Crippen molar-refractivity contribution in [2.24, 2.45) is 0 Å². The first-order valence-corrected chi connectivity index (χ1v) is 5.51. The molecule has 0 atom stereocenters. The molecule has 88 valence electrons. The van der Waals surface area contributed by atoms with Crippen LogP contribution >= 0.6 is 0 Å². The molecule has 1 heterocycles. The first-order chi connectivity index (χ1) is 6.79. The molecule has 0 aliphatic carbocycles. The first-order valence-electron chi connectivity index (χ1n) is 5.51. The lowest BCUT2D eigenvalue weighted by Crippen LogP contribution is -2.37. The maximum absolute atomic E-state index is 11.7. The standard InChI is InChI=1S/C11H22N2O2/c1-9(2)12-6-7-13(8-12)10(14)15-11(3,4)5/h9H,6-8H2,1-5H3. The normalized spacial score (nSPS) is 18.7. The lowest BCUT2D eigenvalue weighted by atomic mass is 10.2. The van der Waals surface area contributed by atoms with Gasteiger partial charge in [0.1, 0.15) is 5.60 Å². The second-order valence-electron chi connectivity index (χ2n) is 5.29. The van der Waals surface area contributed by atoms with E-state index in [1.54, 1.807) is 4.90 Å². The average Bonchev–Trinajstić information content (AvgIpc) is 2.47. The zero-order chi connectivity index (χ0) is 11.6. The zero-order valence-electron chi connectivity index (χ0n) is 10.4. The van der Waals surface area contributed by atoms with Gasteiger partial charge in [0, 0.05) is 19.1 Å². The molecular formula is C11H22N2O2. The van der Waals surface area contributed by atoms with Crippen LogP contribution in [0.3, 0.4) is 0 Å². The minimum atomic E-state index is -0.400. The summed E-state index contributed by atoms with van der Waals surface area (Å²) >= 11 is 0. The summed E-state index contributed by atoms with van der Waals surface area (Å²) in [4.78, 5) is 15.7. The molecule has 1 amide bonds. The molecule has 0 saturated carbocycles. The van der Waals surface area contributed by atoms with Crippen molar-refractivity contribution in [3.63, 3.8) is 0 Å². The van der Waals surface area contributed by atoms with Gasteiger partial charge in [-0.2, -0.15) is 0 Å². The number of carbonyl (C=O) groups is 1. The fourth-order valence-corrected chi connectivity index (χ4v) is 1.51. The van der Waals surface area contributed by atoms with E-state index >= 15 is 0 Å². The van der Waals surface area contributed by atoms with Gasteiger partial charge in [-0.05, 0) is 34.6 Å². The fraction of sp³-hybridized carbons (Fsp3) is 0.909. The summed E-state index contributed by atoms with van der Waals surface area (Å²) in [5.41, 5.74) is -0.400. The van der Waals surface area contributed by atoms with Gasteiger partial charge in [-0.15, -0.1) is 0 Å². The number of hydrogen-bond donors (Lipinski definition) is 0. The van der Waals surface area contributed by atoms with Gasteiger partial charge in [-0.25, -0.2) is 4.79 Å². The molecular weight excluding hydrogens is 192 g/mol. The van der Waals surface area contributed by atoms with Gasteiger partial charge in [0.2, 0.25) is 0 Å². The number of ether oxygens (including phenoxy) is 1. The molecule has 0 N–H and O–H groups in total. The summed E-state index contributed by atoms with van der Waals surface area (Å²) in [6, 6.07) is 0.484. The second-order valence-corrected chi connectivity index (χ2v) is 5.29. The average molecular weight is 214 g/mol. The summed E-state index contributed by atoms with van der Waals surface area (Å²) in [5.74, 6) is 0. The van der Waals surface area contributed by atoms with Crippen molar-refractivity contribution in [1.82, 2.24) is 9.80 Å². The Morgan fingerprint density at radius 3 is 2.27 bits per heavy atom. The van der Waals surface area contributed by atoms with Crippen LogP contribution in [0, 0.1) is 0 Å². The highest BCUT2D eigenvalue weighted by atomic mass is 16.6. The van der Waals surface area contributed by atoms with Gasteiger partial charge in [-0.3, -0.25) is 9.80 Å². The Hall–Kier alpha value is -0.770. The van der Waals surface area contributed by atoms with E-state index in [-0.39, 0.29) is 6.09 Å². The molecule has 1 fully saturated rings. The summed E-state index contributed by atoms with van der Waals surface area (Å²) in [6.45, 7) is 12.3. The maximum atomic E-state index is 11.7. The van der Waals surface area contributed by atoms with Crippen molar-refractivity contribution >= 4 is 6.09 Å². The zero-order valence-corrected chi connectivity index (χ0v) is 10.4. The Kier molecular flexibility index (Phi) is 3.60. The topological polar surface area (TPSA) is 32.8 Å². The van der Waals surface area contributed by atoms with Gasteiger partial charge in [0.25, 0.3) is 0 Å². The van der Waals surface area contributed by atoms with Crippen LogP contribution < -0.4 is 0 Å². The van der Waals surface area contributed by atoms with Gasteiger partial charge >= 0.3 is 6.09 Å². The molecule has 0 aromatic heterocycles. The van der Waals surface area contributed by atoms with Gasteiger partial charge in [-0.1, -0.05) is 0 Å². The van der Waals surface area contributed by atoms with E-state index in [0.29, 0.717) is 12.7 Å². The Labute approximate surface area is 92.2 Å². The van der Waals surface area contributed by atoms with E-state index in [1.807, 2.05) is 20.8 Å². The van der Waals surface area contributed by atoms with Crippen LogP contribution in [0.2, 0.25) is 0 Å². The van der Waals surface area contributed by atoms with Crippen LogP contribution in [0.4, 0.5) is 4.79 Å². The van der Waals surface area contributed by atoms with E-state index in [1.165, 1.54) is 0 Å². The van der Waals surface area contributed by atoms with Crippen molar-refractivity contribution in [2.75, 3.05) is 19.8 Å². The summed E-state index contributed by atoms with van der Waals surface area (Å²) in [6.07, 6.45) is -0.203. The summed E-state index contributed by atoms with van der Waals surface area (Å²) in [7, 11) is 0. The smallest absolute Gasteiger partial charge is 0.411 e. The predicted molar refractivity (Wildman–Crippen MR) is 59.6 cm³/mol. The molecule has 0 radical (unpaired) electrons. The summed E-state index contributed by atoms with van der Waals surface area (Å²) in [5, 5.41) is 0. The van der Waals surface area contributed by atoms with Crippen LogP contribution in [-0.4, -0.2) is 47.3 Å². The third kappa shape index (κ3) is 3.70. The van der Waals surface area contributed by atoms with Gasteiger partial charge in [0.05, 0.1) is 6.67 Å². The molecule has 1 saturated heterocycles. The Balaban J connectivity index is 2.44. The molecule has 15 heavy (non-hydrogen) atoms. The third-order valence-corrected chi connectivity index (χ3v) is 2.39. The number of hydrogen-bond acceptors (Lipinski definition) is 3. The quantitative estimate of drug-likeness (QED) is 0.668. The van der Waals surface area contributed by atoms with E-state index in [4.69, 9.17) is 4.74 Å². The van der Waals surface area contributed by atoms with Crippen molar-refractivity contribution < 1.29 is 9.53 Å². The predicted octanol–water partition coefficient (Wildman–Crippen LogP) is 1.91. The third-order valence-electron chi connectivity index (χ3n) is 2.39.